The van der Waals surface area contributed by atoms with Gasteiger partial charge in [0, 0.05) is 55.7 Å². The van der Waals surface area contributed by atoms with Crippen molar-refractivity contribution in [1.82, 2.24) is 29.3 Å². The van der Waals surface area contributed by atoms with Crippen molar-refractivity contribution in [2.75, 3.05) is 13.7 Å². The van der Waals surface area contributed by atoms with Crippen molar-refractivity contribution < 1.29 is 32.9 Å². The van der Waals surface area contributed by atoms with E-state index in [1.807, 2.05) is 11.6 Å². The molecule has 0 radical (unpaired) electrons. The first kappa shape index (κ1) is 32.4. The Morgan fingerprint density at radius 1 is 1.06 bits per heavy atom. The Morgan fingerprint density at radius 2 is 1.92 bits per heavy atom. The van der Waals surface area contributed by atoms with Gasteiger partial charge in [0.15, 0.2) is 0 Å². The third-order valence-corrected chi connectivity index (χ3v) is 8.32. The lowest BCUT2D eigenvalue weighted by Crippen LogP contribution is -2.31. The predicted octanol–water partition coefficient (Wildman–Crippen LogP) is 5.57. The first-order chi connectivity index (χ1) is 24.2. The lowest BCUT2D eigenvalue weighted by atomic mass is 10.0. The fourth-order valence-corrected chi connectivity index (χ4v) is 5.62. The molecule has 13 heteroatoms. The average molecular weight is 677 g/mol. The normalized spacial score (nSPS) is 13.8. The molecule has 2 aromatic carbocycles. The van der Waals surface area contributed by atoms with Gasteiger partial charge in [0.2, 0.25) is 5.88 Å². The third-order valence-electron chi connectivity index (χ3n) is 8.32. The van der Waals surface area contributed by atoms with E-state index in [-0.39, 0.29) is 47.4 Å². The molecule has 1 N–H and O–H groups in total. The third kappa shape index (κ3) is 6.87. The van der Waals surface area contributed by atoms with Crippen LogP contribution in [0.2, 0.25) is 0 Å². The molecule has 252 valence electrons. The second-order valence-corrected chi connectivity index (χ2v) is 11.7. The average Bonchev–Trinajstić information content (AvgIpc) is 3.67. The number of benzene rings is 2. The van der Waals surface area contributed by atoms with Crippen LogP contribution in [0.1, 0.15) is 45.0 Å². The Labute approximate surface area is 285 Å². The van der Waals surface area contributed by atoms with Crippen molar-refractivity contribution in [3.63, 3.8) is 0 Å². The topological polar surface area (TPSA) is 126 Å². The summed E-state index contributed by atoms with van der Waals surface area (Å²) in [6, 6.07) is 13.4. The van der Waals surface area contributed by atoms with Crippen molar-refractivity contribution in [3.05, 3.63) is 119 Å². The fraction of sp³-hybridized carbons (Fsp3) is 0.216. The second kappa shape index (κ2) is 13.8. The summed E-state index contributed by atoms with van der Waals surface area (Å²) in [4.78, 5) is 25.1. The molecule has 7 rings (SSSR count). The lowest BCUT2D eigenvalue weighted by molar-refractivity contribution is -0.0589. The monoisotopic (exact) mass is 676 g/mol. The van der Waals surface area contributed by atoms with Crippen LogP contribution in [0.25, 0.3) is 22.3 Å². The number of aromatic nitrogens is 6. The Bertz CT molecular complexity index is 2300. The number of pyridine rings is 2. The van der Waals surface area contributed by atoms with Crippen LogP contribution in [-0.2, 0) is 31.4 Å². The molecule has 5 heterocycles. The van der Waals surface area contributed by atoms with Gasteiger partial charge in [-0.2, -0.15) is 5.10 Å². The summed E-state index contributed by atoms with van der Waals surface area (Å²) in [6.45, 7) is 1.11. The molecule has 4 aromatic heterocycles. The first-order valence-electron chi connectivity index (χ1n) is 15.7. The minimum Gasteiger partial charge on any atom is -0.496 e. The van der Waals surface area contributed by atoms with E-state index in [2.05, 4.69) is 31.9 Å². The van der Waals surface area contributed by atoms with Gasteiger partial charge in [-0.05, 0) is 54.3 Å². The summed E-state index contributed by atoms with van der Waals surface area (Å²) in [5.74, 6) is 4.80. The van der Waals surface area contributed by atoms with Crippen LogP contribution in [0.4, 0.5) is 8.78 Å². The Balaban J connectivity index is 1.09. The van der Waals surface area contributed by atoms with Crippen LogP contribution in [-0.4, -0.2) is 60.2 Å². The first-order valence-corrected chi connectivity index (χ1v) is 15.7. The number of halogens is 2. The summed E-state index contributed by atoms with van der Waals surface area (Å²) in [5.41, 5.74) is 3.41. The standard InChI is InChI=1S/C37H30F2N6O5/c1-44-19-22(17-41-44)6-8-26-15-34(48-2)25(18-40-26)21-50-36-5-3-4-31(43-36)28-16-29(38)24(12-30(28)39)14-35-42-32-9-7-23(37(46)47)13-33(32)45(35)20-27-10-11-49-27/h3-5,7,9,12-13,15-19,27H,10-11,14,20-21H2,1-2H3,(H,46,47)/t27-/m0/s1. The number of carbonyl (C=O) groups is 1. The molecule has 0 spiro atoms. The van der Waals surface area contributed by atoms with Gasteiger partial charge >= 0.3 is 5.97 Å². The number of carboxylic acids is 1. The fourth-order valence-electron chi connectivity index (χ4n) is 5.62. The Morgan fingerprint density at radius 3 is 2.66 bits per heavy atom. The van der Waals surface area contributed by atoms with Gasteiger partial charge < -0.3 is 23.9 Å². The van der Waals surface area contributed by atoms with Crippen LogP contribution < -0.4 is 9.47 Å². The highest BCUT2D eigenvalue weighted by atomic mass is 19.1. The number of methoxy groups -OCH3 is 1. The molecule has 1 saturated heterocycles. The highest BCUT2D eigenvalue weighted by Crippen LogP contribution is 2.29. The molecule has 0 amide bonds. The van der Waals surface area contributed by atoms with E-state index >= 15 is 8.78 Å². The summed E-state index contributed by atoms with van der Waals surface area (Å²) in [7, 11) is 3.34. The van der Waals surface area contributed by atoms with Gasteiger partial charge in [0.05, 0.1) is 53.8 Å². The van der Waals surface area contributed by atoms with Gasteiger partial charge in [0.25, 0.3) is 0 Å². The number of nitrogens with zero attached hydrogens (tertiary/aromatic N) is 6. The summed E-state index contributed by atoms with van der Waals surface area (Å²) in [5, 5.41) is 13.6. The number of rotatable bonds is 10. The van der Waals surface area contributed by atoms with E-state index in [4.69, 9.17) is 14.2 Å². The number of aryl methyl sites for hydroxylation is 1. The second-order valence-electron chi connectivity index (χ2n) is 11.7. The van der Waals surface area contributed by atoms with Crippen molar-refractivity contribution in [2.24, 2.45) is 7.05 Å². The number of carboxylic acid groups (broad SMARTS) is 1. The highest BCUT2D eigenvalue weighted by Gasteiger charge is 2.24. The van der Waals surface area contributed by atoms with Crippen molar-refractivity contribution >= 4 is 17.0 Å². The van der Waals surface area contributed by atoms with Gasteiger partial charge in [-0.25, -0.2) is 28.5 Å². The van der Waals surface area contributed by atoms with Crippen LogP contribution in [0.5, 0.6) is 11.6 Å². The lowest BCUT2D eigenvalue weighted by Gasteiger charge is -2.27. The zero-order valence-corrected chi connectivity index (χ0v) is 27.1. The quantitative estimate of drug-likeness (QED) is 0.185. The number of hydrogen-bond acceptors (Lipinski definition) is 8. The minimum atomic E-state index is -1.07. The maximum atomic E-state index is 15.6. The molecule has 1 aliphatic heterocycles. The Hall–Kier alpha value is -6.13. The van der Waals surface area contributed by atoms with E-state index in [0.29, 0.717) is 47.0 Å². The number of fused-ring (bicyclic) bond motifs is 1. The van der Waals surface area contributed by atoms with Crippen molar-refractivity contribution in [2.45, 2.75) is 32.1 Å². The van der Waals surface area contributed by atoms with E-state index in [1.54, 1.807) is 53.6 Å². The summed E-state index contributed by atoms with van der Waals surface area (Å²) in [6.07, 6.45) is 5.81. The maximum Gasteiger partial charge on any atom is 0.335 e. The smallest absolute Gasteiger partial charge is 0.335 e. The molecule has 1 aliphatic rings. The van der Waals surface area contributed by atoms with Gasteiger partial charge in [-0.15, -0.1) is 0 Å². The summed E-state index contributed by atoms with van der Waals surface area (Å²) < 4.78 is 51.8. The van der Waals surface area contributed by atoms with Crippen LogP contribution >= 0.6 is 0 Å². The van der Waals surface area contributed by atoms with Crippen LogP contribution in [0, 0.1) is 23.5 Å². The molecule has 0 aliphatic carbocycles. The van der Waals surface area contributed by atoms with E-state index < -0.39 is 17.6 Å². The number of aromatic carboxylic acids is 1. The zero-order chi connectivity index (χ0) is 34.8. The molecule has 11 nitrogen and oxygen atoms in total. The van der Waals surface area contributed by atoms with Gasteiger partial charge in [0.1, 0.15) is 35.5 Å². The van der Waals surface area contributed by atoms with Gasteiger partial charge in [-0.1, -0.05) is 12.0 Å². The largest absolute Gasteiger partial charge is 0.496 e. The predicted molar refractivity (Wildman–Crippen MR) is 178 cm³/mol. The maximum absolute atomic E-state index is 15.6. The Kier molecular flexibility index (Phi) is 8.93. The molecule has 0 bridgehead atoms. The number of hydrogen-bond donors (Lipinski definition) is 1. The van der Waals surface area contributed by atoms with Crippen LogP contribution in [0.3, 0.4) is 0 Å². The SMILES string of the molecule is COc1cc(C#Cc2cnn(C)c2)ncc1COc1cccc(-c2cc(F)c(Cc3nc4ccc(C(=O)O)cc4n3C[C@@H]3CCO3)cc2F)n1. The molecule has 1 fully saturated rings. The number of ether oxygens (including phenoxy) is 3. The highest BCUT2D eigenvalue weighted by molar-refractivity contribution is 5.92. The van der Waals surface area contributed by atoms with Crippen molar-refractivity contribution in [1.29, 1.82) is 0 Å². The minimum absolute atomic E-state index is 0.0207. The molecule has 50 heavy (non-hydrogen) atoms. The molecular formula is C37H30F2N6O5. The van der Waals surface area contributed by atoms with Gasteiger partial charge in [-0.3, -0.25) is 4.68 Å². The molecule has 0 unspecified atom stereocenters. The zero-order valence-electron chi connectivity index (χ0n) is 27.1. The molecule has 6 aromatic rings. The molecule has 1 atom stereocenters. The number of imidazole rings is 1. The van der Waals surface area contributed by atoms with E-state index in [9.17, 15) is 9.90 Å². The van der Waals surface area contributed by atoms with E-state index in [1.165, 1.54) is 19.2 Å². The molecule has 0 saturated carbocycles. The summed E-state index contributed by atoms with van der Waals surface area (Å²) >= 11 is 0. The van der Waals surface area contributed by atoms with E-state index in [0.717, 1.165) is 24.1 Å². The molecular weight excluding hydrogens is 646 g/mol. The van der Waals surface area contributed by atoms with Crippen LogP contribution in [0.15, 0.2) is 73.2 Å². The van der Waals surface area contributed by atoms with Crippen molar-refractivity contribution in [3.8, 4) is 34.7 Å².